The summed E-state index contributed by atoms with van der Waals surface area (Å²) in [5.74, 6) is 0.573. The molecule has 0 spiro atoms. The van der Waals surface area contributed by atoms with Crippen molar-refractivity contribution in [1.82, 2.24) is 14.6 Å². The third-order valence-electron chi connectivity index (χ3n) is 3.56. The Balaban J connectivity index is 1.92. The molecule has 0 amide bonds. The van der Waals surface area contributed by atoms with Crippen molar-refractivity contribution in [3.8, 4) is 6.07 Å². The van der Waals surface area contributed by atoms with Gasteiger partial charge in [-0.1, -0.05) is 6.07 Å². The van der Waals surface area contributed by atoms with E-state index in [-0.39, 0.29) is 11.7 Å². The number of halogens is 3. The lowest BCUT2D eigenvalue weighted by atomic mass is 10.1. The standard InChI is InChI=1S/C16H12F3N5/c1-10(15-23-22-14-4-2-3-7-24(14)15)21-12-6-5-11(9-20)13(8-12)16(17,18)19/h2-8,10,21H,1H3/t10-/m0/s1. The maximum atomic E-state index is 13.0. The van der Waals surface area contributed by atoms with Crippen LogP contribution in [-0.2, 0) is 6.18 Å². The molecule has 1 aromatic carbocycles. The van der Waals surface area contributed by atoms with Gasteiger partial charge in [-0.05, 0) is 37.3 Å². The molecule has 0 fully saturated rings. The Kier molecular flexibility index (Phi) is 3.85. The van der Waals surface area contributed by atoms with Crippen molar-refractivity contribution in [2.24, 2.45) is 0 Å². The van der Waals surface area contributed by atoms with Gasteiger partial charge in [0, 0.05) is 11.9 Å². The van der Waals surface area contributed by atoms with Crippen LogP contribution in [0, 0.1) is 11.3 Å². The second-order valence-electron chi connectivity index (χ2n) is 5.22. The summed E-state index contributed by atoms with van der Waals surface area (Å²) in [7, 11) is 0. The van der Waals surface area contributed by atoms with Crippen molar-refractivity contribution in [1.29, 1.82) is 5.26 Å². The highest BCUT2D eigenvalue weighted by molar-refractivity contribution is 5.54. The minimum Gasteiger partial charge on any atom is -0.375 e. The number of nitrogens with one attached hydrogen (secondary N) is 1. The first-order chi connectivity index (χ1) is 11.4. The van der Waals surface area contributed by atoms with Crippen LogP contribution in [0.5, 0.6) is 0 Å². The highest BCUT2D eigenvalue weighted by Gasteiger charge is 2.34. The molecule has 0 aliphatic carbocycles. The maximum absolute atomic E-state index is 13.0. The number of alkyl halides is 3. The zero-order valence-electron chi connectivity index (χ0n) is 12.5. The van der Waals surface area contributed by atoms with E-state index in [4.69, 9.17) is 5.26 Å². The number of hydrogen-bond acceptors (Lipinski definition) is 4. The van der Waals surface area contributed by atoms with Crippen LogP contribution >= 0.6 is 0 Å². The Hall–Kier alpha value is -3.08. The van der Waals surface area contributed by atoms with Gasteiger partial charge in [-0.2, -0.15) is 18.4 Å². The normalized spacial score (nSPS) is 12.8. The van der Waals surface area contributed by atoms with Crippen LogP contribution in [0.3, 0.4) is 0 Å². The summed E-state index contributed by atoms with van der Waals surface area (Å²) in [6.45, 7) is 1.77. The van der Waals surface area contributed by atoms with Gasteiger partial charge >= 0.3 is 6.18 Å². The van der Waals surface area contributed by atoms with E-state index in [2.05, 4.69) is 15.5 Å². The number of fused-ring (bicyclic) bond motifs is 1. The van der Waals surface area contributed by atoms with Gasteiger partial charge in [0.2, 0.25) is 0 Å². The largest absolute Gasteiger partial charge is 0.417 e. The molecule has 0 saturated carbocycles. The lowest BCUT2D eigenvalue weighted by Crippen LogP contribution is -2.13. The molecule has 2 aromatic heterocycles. The number of nitriles is 1. The molecule has 0 bridgehead atoms. The number of hydrogen-bond donors (Lipinski definition) is 1. The average molecular weight is 331 g/mol. The number of rotatable bonds is 3. The Morgan fingerprint density at radius 2 is 2.00 bits per heavy atom. The molecule has 0 unspecified atom stereocenters. The van der Waals surface area contributed by atoms with Crippen LogP contribution in [0.2, 0.25) is 0 Å². The van der Waals surface area contributed by atoms with E-state index in [9.17, 15) is 13.2 Å². The van der Waals surface area contributed by atoms with Gasteiger partial charge in [0.1, 0.15) is 0 Å². The zero-order chi connectivity index (χ0) is 17.3. The maximum Gasteiger partial charge on any atom is 0.417 e. The second kappa shape index (κ2) is 5.85. The minimum absolute atomic E-state index is 0.251. The molecule has 8 heteroatoms. The Bertz CT molecular complexity index is 923. The summed E-state index contributed by atoms with van der Waals surface area (Å²) >= 11 is 0. The van der Waals surface area contributed by atoms with E-state index in [1.54, 1.807) is 29.7 Å². The van der Waals surface area contributed by atoms with Gasteiger partial charge in [0.15, 0.2) is 11.5 Å². The summed E-state index contributed by atoms with van der Waals surface area (Å²) in [6.07, 6.45) is -2.81. The third kappa shape index (κ3) is 2.88. The SMILES string of the molecule is C[C@H](Nc1ccc(C#N)c(C(F)(F)F)c1)c1nnc2ccccn12. The van der Waals surface area contributed by atoms with Crippen LogP contribution in [-0.4, -0.2) is 14.6 Å². The monoisotopic (exact) mass is 331 g/mol. The lowest BCUT2D eigenvalue weighted by Gasteiger charge is -2.16. The van der Waals surface area contributed by atoms with E-state index in [0.29, 0.717) is 11.5 Å². The number of anilines is 1. The van der Waals surface area contributed by atoms with Crippen LogP contribution in [0.15, 0.2) is 42.6 Å². The van der Waals surface area contributed by atoms with E-state index >= 15 is 0 Å². The van der Waals surface area contributed by atoms with Gasteiger partial charge in [-0.3, -0.25) is 4.40 Å². The number of pyridine rings is 1. The predicted molar refractivity (Wildman–Crippen MR) is 81.2 cm³/mol. The van der Waals surface area contributed by atoms with E-state index in [0.717, 1.165) is 12.1 Å². The molecule has 24 heavy (non-hydrogen) atoms. The molecule has 3 aromatic rings. The third-order valence-corrected chi connectivity index (χ3v) is 3.56. The molecule has 1 N–H and O–H groups in total. The Morgan fingerprint density at radius 1 is 1.21 bits per heavy atom. The smallest absolute Gasteiger partial charge is 0.375 e. The van der Waals surface area contributed by atoms with Gasteiger partial charge in [-0.15, -0.1) is 10.2 Å². The molecule has 3 rings (SSSR count). The first-order valence-electron chi connectivity index (χ1n) is 7.07. The fourth-order valence-corrected chi connectivity index (χ4v) is 2.44. The van der Waals surface area contributed by atoms with E-state index < -0.39 is 17.3 Å². The average Bonchev–Trinajstić information content (AvgIpc) is 2.98. The molecule has 1 atom stereocenters. The van der Waals surface area contributed by atoms with Crippen LogP contribution in [0.4, 0.5) is 18.9 Å². The van der Waals surface area contributed by atoms with Gasteiger partial charge in [0.05, 0.1) is 23.2 Å². The Morgan fingerprint density at radius 3 is 2.71 bits per heavy atom. The molecule has 0 aliphatic rings. The highest BCUT2D eigenvalue weighted by Crippen LogP contribution is 2.34. The highest BCUT2D eigenvalue weighted by atomic mass is 19.4. The van der Waals surface area contributed by atoms with Crippen molar-refractivity contribution in [3.63, 3.8) is 0 Å². The summed E-state index contributed by atoms with van der Waals surface area (Å²) < 4.78 is 40.8. The number of aromatic nitrogens is 3. The van der Waals surface area contributed by atoms with Crippen molar-refractivity contribution >= 4 is 11.3 Å². The molecule has 0 radical (unpaired) electrons. The quantitative estimate of drug-likeness (QED) is 0.793. The van der Waals surface area contributed by atoms with Crippen molar-refractivity contribution < 1.29 is 13.2 Å². The Labute approximate surface area is 135 Å². The first-order valence-corrected chi connectivity index (χ1v) is 7.07. The predicted octanol–water partition coefficient (Wildman–Crippen LogP) is 3.79. The molecule has 5 nitrogen and oxygen atoms in total. The summed E-state index contributed by atoms with van der Waals surface area (Å²) in [4.78, 5) is 0. The second-order valence-corrected chi connectivity index (χ2v) is 5.22. The van der Waals surface area contributed by atoms with E-state index in [1.807, 2.05) is 12.1 Å². The van der Waals surface area contributed by atoms with Gasteiger partial charge < -0.3 is 5.32 Å². The number of benzene rings is 1. The summed E-state index contributed by atoms with van der Waals surface area (Å²) in [5.41, 5.74) is -0.472. The van der Waals surface area contributed by atoms with Crippen LogP contribution < -0.4 is 5.32 Å². The number of nitrogens with zero attached hydrogens (tertiary/aromatic N) is 4. The zero-order valence-corrected chi connectivity index (χ0v) is 12.5. The molecule has 0 saturated heterocycles. The molecule has 2 heterocycles. The van der Waals surface area contributed by atoms with Crippen molar-refractivity contribution in [2.45, 2.75) is 19.1 Å². The molecular formula is C16H12F3N5. The summed E-state index contributed by atoms with van der Waals surface area (Å²) in [5, 5.41) is 19.9. The first kappa shape index (κ1) is 15.8. The van der Waals surface area contributed by atoms with Crippen LogP contribution in [0.1, 0.15) is 29.9 Å². The van der Waals surface area contributed by atoms with Gasteiger partial charge in [-0.25, -0.2) is 0 Å². The van der Waals surface area contributed by atoms with Crippen molar-refractivity contribution in [3.05, 3.63) is 59.5 Å². The fourth-order valence-electron chi connectivity index (χ4n) is 2.44. The van der Waals surface area contributed by atoms with Crippen LogP contribution in [0.25, 0.3) is 5.65 Å². The lowest BCUT2D eigenvalue weighted by molar-refractivity contribution is -0.137. The molecule has 0 aliphatic heterocycles. The topological polar surface area (TPSA) is 66.0 Å². The van der Waals surface area contributed by atoms with E-state index in [1.165, 1.54) is 6.07 Å². The fraction of sp³-hybridized carbons (Fsp3) is 0.188. The summed E-state index contributed by atoms with van der Waals surface area (Å²) in [6, 6.07) is 10.1. The van der Waals surface area contributed by atoms with Gasteiger partial charge in [0.25, 0.3) is 0 Å². The molecular weight excluding hydrogens is 319 g/mol. The minimum atomic E-state index is -4.59. The molecule has 122 valence electrons. The van der Waals surface area contributed by atoms with Crippen molar-refractivity contribution in [2.75, 3.05) is 5.32 Å².